The molecule has 1 rings (SSSR count). The third-order valence-electron chi connectivity index (χ3n) is 4.07. The van der Waals surface area contributed by atoms with Crippen molar-refractivity contribution in [2.75, 3.05) is 27.4 Å². The van der Waals surface area contributed by atoms with Crippen LogP contribution in [0.3, 0.4) is 0 Å². The second-order valence-corrected chi connectivity index (χ2v) is 5.90. The van der Waals surface area contributed by atoms with E-state index in [1.54, 1.807) is 0 Å². The predicted molar refractivity (Wildman–Crippen MR) is 104 cm³/mol. The van der Waals surface area contributed by atoms with E-state index in [2.05, 4.69) is 10.9 Å². The van der Waals surface area contributed by atoms with Gasteiger partial charge in [0.1, 0.15) is 18.1 Å². The lowest BCUT2D eigenvalue weighted by Gasteiger charge is -2.33. The maximum Gasteiger partial charge on any atom is 0.214 e. The molecule has 0 spiro atoms. The number of halogens is 1. The third-order valence-corrected chi connectivity index (χ3v) is 4.07. The molecule has 0 saturated heterocycles. The van der Waals surface area contributed by atoms with Crippen molar-refractivity contribution in [3.8, 4) is 12.3 Å². The van der Waals surface area contributed by atoms with Crippen LogP contribution in [0, 0.1) is 12.3 Å². The van der Waals surface area contributed by atoms with Gasteiger partial charge in [-0.15, -0.1) is 6.42 Å². The number of amidine groups is 1. The molecule has 146 valence electrons. The minimum Gasteiger partial charge on any atom is -0.384 e. The van der Waals surface area contributed by atoms with E-state index < -0.39 is 18.3 Å². The fourth-order valence-electron chi connectivity index (χ4n) is 2.33. The minimum absolute atomic E-state index is 0.0119. The van der Waals surface area contributed by atoms with Gasteiger partial charge in [-0.05, 0) is 11.6 Å². The summed E-state index contributed by atoms with van der Waals surface area (Å²) in [6.07, 6.45) is 9.01. The number of benzene rings is 1. The first-order valence-corrected chi connectivity index (χ1v) is 8.36. The summed E-state index contributed by atoms with van der Waals surface area (Å²) in [7, 11) is 2.91. The summed E-state index contributed by atoms with van der Waals surface area (Å²) in [6.45, 7) is -0.513. The van der Waals surface area contributed by atoms with E-state index in [-0.39, 0.29) is 18.9 Å². The average molecular weight is 375 g/mol. The highest BCUT2D eigenvalue weighted by Crippen LogP contribution is 2.22. The third kappa shape index (κ3) is 7.21. The van der Waals surface area contributed by atoms with Gasteiger partial charge in [-0.25, -0.2) is 4.39 Å². The monoisotopic (exact) mass is 375 g/mol. The first-order chi connectivity index (χ1) is 13.0. The molecule has 0 radical (unpaired) electrons. The van der Waals surface area contributed by atoms with Gasteiger partial charge in [0.15, 0.2) is 0 Å². The maximum atomic E-state index is 13.8. The van der Waals surface area contributed by atoms with Crippen molar-refractivity contribution >= 4 is 12.2 Å². The fourth-order valence-corrected chi connectivity index (χ4v) is 2.33. The first-order valence-electron chi connectivity index (χ1n) is 8.36. The van der Waals surface area contributed by atoms with E-state index in [1.807, 2.05) is 30.3 Å². The zero-order valence-corrected chi connectivity index (χ0v) is 15.7. The van der Waals surface area contributed by atoms with Gasteiger partial charge in [0.05, 0.1) is 19.3 Å². The number of amides is 1. The molecule has 2 N–H and O–H groups in total. The van der Waals surface area contributed by atoms with Gasteiger partial charge in [-0.1, -0.05) is 36.3 Å². The molecular formula is C20H26FN3O3. The molecule has 0 bridgehead atoms. The molecule has 1 amide bonds. The number of hydrogen-bond donors (Lipinski definition) is 1. The molecule has 7 heteroatoms. The van der Waals surface area contributed by atoms with Crippen LogP contribution in [0.1, 0.15) is 12.0 Å². The van der Waals surface area contributed by atoms with Crippen molar-refractivity contribution in [3.05, 3.63) is 48.2 Å². The zero-order valence-electron chi connectivity index (χ0n) is 15.7. The Bertz CT molecular complexity index is 667. The SMILES string of the molecule is C#CC(CC(CF)(COCc1ccccc1)OC)N(C=O)/C=C\C(N)=NC. The quantitative estimate of drug-likeness (QED) is 0.262. The Labute approximate surface area is 159 Å². The highest BCUT2D eigenvalue weighted by Gasteiger charge is 2.35. The maximum absolute atomic E-state index is 13.8. The summed E-state index contributed by atoms with van der Waals surface area (Å²) >= 11 is 0. The van der Waals surface area contributed by atoms with Crippen molar-refractivity contribution in [3.63, 3.8) is 0 Å². The first kappa shape index (κ1) is 22.4. The molecule has 0 aliphatic heterocycles. The molecule has 0 heterocycles. The van der Waals surface area contributed by atoms with E-state index in [0.717, 1.165) is 5.56 Å². The molecule has 6 nitrogen and oxygen atoms in total. The number of carbonyl (C=O) groups excluding carboxylic acids is 1. The summed E-state index contributed by atoms with van der Waals surface area (Å²) in [6, 6.07) is 8.77. The van der Waals surface area contributed by atoms with Crippen LogP contribution in [-0.2, 0) is 20.9 Å². The number of methoxy groups -OCH3 is 1. The number of nitrogens with zero attached hydrogens (tertiary/aromatic N) is 2. The Hall–Kier alpha value is -2.69. The predicted octanol–water partition coefficient (Wildman–Crippen LogP) is 1.91. The van der Waals surface area contributed by atoms with Crippen LogP contribution < -0.4 is 5.73 Å². The van der Waals surface area contributed by atoms with Gasteiger partial charge in [-0.2, -0.15) is 0 Å². The van der Waals surface area contributed by atoms with E-state index in [4.69, 9.17) is 21.6 Å². The van der Waals surface area contributed by atoms with E-state index in [1.165, 1.54) is 31.3 Å². The summed E-state index contributed by atoms with van der Waals surface area (Å²) in [5.41, 5.74) is 5.27. The Balaban J connectivity index is 2.82. The van der Waals surface area contributed by atoms with Crippen LogP contribution in [0.4, 0.5) is 4.39 Å². The second-order valence-electron chi connectivity index (χ2n) is 5.90. The molecule has 27 heavy (non-hydrogen) atoms. The molecule has 2 atom stereocenters. The fraction of sp³-hybridized carbons (Fsp3) is 0.400. The molecule has 0 fully saturated rings. The standard InChI is InChI=1S/C20H26FN3O3/c1-4-18(24(16-25)11-10-19(22)23-2)12-20(14-21,26-3)15-27-13-17-8-6-5-7-9-17/h1,5-11,16,18H,12-15H2,2-3H3,(H2,22,23)/b11-10-. The van der Waals surface area contributed by atoms with Gasteiger partial charge in [0, 0.05) is 26.8 Å². The number of ether oxygens (including phenoxy) is 2. The minimum atomic E-state index is -1.27. The van der Waals surface area contributed by atoms with Crippen LogP contribution in [0.2, 0.25) is 0 Å². The number of nitrogens with two attached hydrogens (primary N) is 1. The van der Waals surface area contributed by atoms with Gasteiger partial charge in [0.25, 0.3) is 0 Å². The van der Waals surface area contributed by atoms with Crippen molar-refractivity contribution in [2.45, 2.75) is 24.7 Å². The number of rotatable bonds is 12. The van der Waals surface area contributed by atoms with Crippen LogP contribution in [0.25, 0.3) is 0 Å². The smallest absolute Gasteiger partial charge is 0.214 e. The summed E-state index contributed by atoms with van der Waals surface area (Å²) in [5.74, 6) is 2.72. The largest absolute Gasteiger partial charge is 0.384 e. The van der Waals surface area contributed by atoms with Crippen LogP contribution in [-0.4, -0.2) is 56.2 Å². The molecule has 0 aromatic heterocycles. The highest BCUT2D eigenvalue weighted by molar-refractivity contribution is 5.91. The molecule has 0 aliphatic carbocycles. The Kier molecular flexibility index (Phi) is 9.80. The zero-order chi connectivity index (χ0) is 20.1. The number of hydrogen-bond acceptors (Lipinski definition) is 4. The van der Waals surface area contributed by atoms with Gasteiger partial charge in [0.2, 0.25) is 6.41 Å². The van der Waals surface area contributed by atoms with E-state index in [0.29, 0.717) is 13.0 Å². The van der Waals surface area contributed by atoms with E-state index in [9.17, 15) is 9.18 Å². The summed E-state index contributed by atoms with van der Waals surface area (Å²) in [4.78, 5) is 16.4. The van der Waals surface area contributed by atoms with Crippen molar-refractivity contribution < 1.29 is 18.7 Å². The molecular weight excluding hydrogens is 349 g/mol. The molecule has 0 saturated carbocycles. The van der Waals surface area contributed by atoms with Gasteiger partial charge >= 0.3 is 0 Å². The Morgan fingerprint density at radius 1 is 1.48 bits per heavy atom. The molecule has 2 unspecified atom stereocenters. The summed E-state index contributed by atoms with van der Waals surface area (Å²) in [5, 5.41) is 0. The lowest BCUT2D eigenvalue weighted by Crippen LogP contribution is -2.46. The average Bonchev–Trinajstić information content (AvgIpc) is 2.72. The van der Waals surface area contributed by atoms with E-state index >= 15 is 0 Å². The topological polar surface area (TPSA) is 77.2 Å². The number of carbonyl (C=O) groups is 1. The van der Waals surface area contributed by atoms with Crippen molar-refractivity contribution in [1.29, 1.82) is 0 Å². The van der Waals surface area contributed by atoms with Crippen LogP contribution in [0.15, 0.2) is 47.6 Å². The number of aliphatic imine (C=N–C) groups is 1. The second kappa shape index (κ2) is 11.8. The molecule has 0 aliphatic rings. The van der Waals surface area contributed by atoms with Gasteiger partial charge < -0.3 is 20.1 Å². The highest BCUT2D eigenvalue weighted by atomic mass is 19.1. The Morgan fingerprint density at radius 3 is 2.70 bits per heavy atom. The van der Waals surface area contributed by atoms with Crippen LogP contribution in [0.5, 0.6) is 0 Å². The van der Waals surface area contributed by atoms with Crippen LogP contribution >= 0.6 is 0 Å². The number of alkyl halides is 1. The van der Waals surface area contributed by atoms with Gasteiger partial charge in [-0.3, -0.25) is 9.79 Å². The molecule has 1 aromatic carbocycles. The van der Waals surface area contributed by atoms with Crippen molar-refractivity contribution in [2.24, 2.45) is 10.7 Å². The molecule has 1 aromatic rings. The summed E-state index contributed by atoms with van der Waals surface area (Å²) < 4.78 is 24.9. The van der Waals surface area contributed by atoms with Crippen molar-refractivity contribution in [1.82, 2.24) is 4.90 Å². The number of terminal acetylenes is 1. The lowest BCUT2D eigenvalue weighted by molar-refractivity contribution is -0.121. The normalized spacial score (nSPS) is 15.1. The Morgan fingerprint density at radius 2 is 2.19 bits per heavy atom. The lowest BCUT2D eigenvalue weighted by atomic mass is 9.96.